The summed E-state index contributed by atoms with van der Waals surface area (Å²) in [6, 6.07) is 15.0. The molecule has 1 atom stereocenters. The molecule has 0 saturated heterocycles. The summed E-state index contributed by atoms with van der Waals surface area (Å²) >= 11 is 0. The molecule has 0 amide bonds. The molecule has 0 saturated carbocycles. The van der Waals surface area contributed by atoms with Gasteiger partial charge in [-0.1, -0.05) is 30.3 Å². The van der Waals surface area contributed by atoms with Crippen molar-refractivity contribution in [3.63, 3.8) is 0 Å². The van der Waals surface area contributed by atoms with E-state index in [0.29, 0.717) is 6.04 Å². The third kappa shape index (κ3) is 2.19. The summed E-state index contributed by atoms with van der Waals surface area (Å²) in [4.78, 5) is 4.97. The topological polar surface area (TPSA) is 50.4 Å². The lowest BCUT2D eigenvalue weighted by atomic mass is 10.0. The Bertz CT molecular complexity index is 718. The Morgan fingerprint density at radius 3 is 2.86 bits per heavy atom. The number of aliphatic imine (C=N–C) groups is 1. The molecule has 3 nitrogen and oxygen atoms in total. The summed E-state index contributed by atoms with van der Waals surface area (Å²) in [7, 11) is 0. The van der Waals surface area contributed by atoms with Gasteiger partial charge in [0.15, 0.2) is 0 Å². The molecule has 2 aromatic rings. The number of hydrogen-bond donors (Lipinski definition) is 2. The molecule has 1 heterocycles. The lowest BCUT2D eigenvalue weighted by molar-refractivity contribution is 0.711. The largest absolute Gasteiger partial charge is 0.398 e. The number of anilines is 2. The highest BCUT2D eigenvalue weighted by atomic mass is 15.0. The van der Waals surface area contributed by atoms with Crippen LogP contribution in [0.2, 0.25) is 0 Å². The number of amidine groups is 1. The van der Waals surface area contributed by atoms with Crippen LogP contribution in [0.15, 0.2) is 47.5 Å². The Labute approximate surface area is 124 Å². The number of nitrogens with two attached hydrogens (primary N) is 1. The van der Waals surface area contributed by atoms with E-state index in [1.807, 2.05) is 12.1 Å². The fraction of sp³-hybridized carbons (Fsp3) is 0.278. The highest BCUT2D eigenvalue weighted by molar-refractivity contribution is 5.99. The summed E-state index contributed by atoms with van der Waals surface area (Å²) in [6.45, 7) is 0. The van der Waals surface area contributed by atoms with Crippen molar-refractivity contribution in [3.8, 4) is 0 Å². The molecule has 0 spiro atoms. The van der Waals surface area contributed by atoms with Crippen molar-refractivity contribution in [1.29, 1.82) is 0 Å². The number of nitrogens with zero attached hydrogens (tertiary/aromatic N) is 1. The molecule has 4 rings (SSSR count). The van der Waals surface area contributed by atoms with Gasteiger partial charge in [-0.25, -0.2) is 0 Å². The van der Waals surface area contributed by atoms with E-state index in [4.69, 9.17) is 10.7 Å². The van der Waals surface area contributed by atoms with Gasteiger partial charge >= 0.3 is 0 Å². The van der Waals surface area contributed by atoms with Gasteiger partial charge in [-0.2, -0.15) is 0 Å². The van der Waals surface area contributed by atoms with Gasteiger partial charge in [-0.05, 0) is 48.1 Å². The van der Waals surface area contributed by atoms with Gasteiger partial charge in [0.25, 0.3) is 0 Å². The first kappa shape index (κ1) is 12.5. The quantitative estimate of drug-likeness (QED) is 0.781. The Morgan fingerprint density at radius 2 is 1.90 bits per heavy atom. The first-order chi connectivity index (χ1) is 10.3. The fourth-order valence-electron chi connectivity index (χ4n) is 3.42. The SMILES string of the molecule is Nc1cccc2c1CCC(=N[C@@H]1CCc3ccccc31)N2. The smallest absolute Gasteiger partial charge is 0.102 e. The zero-order valence-corrected chi connectivity index (χ0v) is 12.0. The zero-order chi connectivity index (χ0) is 14.2. The minimum absolute atomic E-state index is 0.311. The standard InChI is InChI=1S/C18H19N3/c19-15-6-3-7-16-14(15)9-11-18(20-16)21-17-10-8-12-4-1-2-5-13(12)17/h1-7,17H,8-11,19H2,(H,20,21)/t17-/m1/s1. The highest BCUT2D eigenvalue weighted by Crippen LogP contribution is 2.35. The molecule has 0 unspecified atom stereocenters. The van der Waals surface area contributed by atoms with E-state index in [0.717, 1.165) is 42.9 Å². The molecule has 0 bridgehead atoms. The molecular weight excluding hydrogens is 258 g/mol. The van der Waals surface area contributed by atoms with Crippen LogP contribution in [0.3, 0.4) is 0 Å². The predicted molar refractivity (Wildman–Crippen MR) is 87.7 cm³/mol. The number of nitrogens with one attached hydrogen (secondary N) is 1. The summed E-state index contributed by atoms with van der Waals surface area (Å²) < 4.78 is 0. The maximum Gasteiger partial charge on any atom is 0.102 e. The molecule has 0 aromatic heterocycles. The fourth-order valence-corrected chi connectivity index (χ4v) is 3.42. The Kier molecular flexibility index (Phi) is 2.92. The van der Waals surface area contributed by atoms with Crippen LogP contribution in [0.1, 0.15) is 35.6 Å². The van der Waals surface area contributed by atoms with E-state index in [2.05, 4.69) is 35.6 Å². The minimum Gasteiger partial charge on any atom is -0.398 e. The molecule has 21 heavy (non-hydrogen) atoms. The third-order valence-corrected chi connectivity index (χ3v) is 4.52. The summed E-state index contributed by atoms with van der Waals surface area (Å²) in [5.41, 5.74) is 12.1. The number of fused-ring (bicyclic) bond motifs is 2. The Morgan fingerprint density at radius 1 is 1.00 bits per heavy atom. The summed E-state index contributed by atoms with van der Waals surface area (Å²) in [5, 5.41) is 3.47. The number of rotatable bonds is 1. The van der Waals surface area contributed by atoms with Gasteiger partial charge in [0, 0.05) is 17.8 Å². The van der Waals surface area contributed by atoms with Gasteiger partial charge in [0.05, 0.1) is 6.04 Å². The van der Waals surface area contributed by atoms with Crippen LogP contribution in [0, 0.1) is 0 Å². The van der Waals surface area contributed by atoms with Crippen LogP contribution in [-0.2, 0) is 12.8 Å². The van der Waals surface area contributed by atoms with E-state index in [1.54, 1.807) is 0 Å². The maximum atomic E-state index is 6.03. The molecule has 1 aliphatic heterocycles. The van der Waals surface area contributed by atoms with Crippen LogP contribution >= 0.6 is 0 Å². The molecular formula is C18H19N3. The second-order valence-electron chi connectivity index (χ2n) is 5.83. The monoisotopic (exact) mass is 277 g/mol. The van der Waals surface area contributed by atoms with Crippen molar-refractivity contribution in [2.75, 3.05) is 11.1 Å². The second kappa shape index (κ2) is 4.92. The zero-order valence-electron chi connectivity index (χ0n) is 12.0. The molecule has 2 aromatic carbocycles. The van der Waals surface area contributed by atoms with E-state index in [9.17, 15) is 0 Å². The third-order valence-electron chi connectivity index (χ3n) is 4.52. The molecule has 3 N–H and O–H groups in total. The van der Waals surface area contributed by atoms with Crippen molar-refractivity contribution >= 4 is 17.2 Å². The van der Waals surface area contributed by atoms with E-state index in [1.165, 1.54) is 16.7 Å². The molecule has 1 aliphatic carbocycles. The molecule has 3 heteroatoms. The van der Waals surface area contributed by atoms with Crippen molar-refractivity contribution in [2.45, 2.75) is 31.7 Å². The molecule has 0 fully saturated rings. The maximum absolute atomic E-state index is 6.03. The molecule has 2 aliphatic rings. The average Bonchev–Trinajstić information content (AvgIpc) is 2.91. The van der Waals surface area contributed by atoms with Crippen LogP contribution in [0.5, 0.6) is 0 Å². The van der Waals surface area contributed by atoms with Crippen molar-refractivity contribution in [2.24, 2.45) is 4.99 Å². The average molecular weight is 277 g/mol. The highest BCUT2D eigenvalue weighted by Gasteiger charge is 2.23. The Balaban J connectivity index is 1.62. The predicted octanol–water partition coefficient (Wildman–Crippen LogP) is 3.71. The number of benzene rings is 2. The number of aryl methyl sites for hydroxylation is 1. The molecule has 106 valence electrons. The lowest BCUT2D eigenvalue weighted by Crippen LogP contribution is -2.21. The van der Waals surface area contributed by atoms with E-state index in [-0.39, 0.29) is 0 Å². The first-order valence-corrected chi connectivity index (χ1v) is 7.60. The first-order valence-electron chi connectivity index (χ1n) is 7.60. The lowest BCUT2D eigenvalue weighted by Gasteiger charge is -2.22. The van der Waals surface area contributed by atoms with Gasteiger partial charge in [0.1, 0.15) is 5.84 Å². The summed E-state index contributed by atoms with van der Waals surface area (Å²) in [6.07, 6.45) is 4.18. The van der Waals surface area contributed by atoms with Crippen LogP contribution < -0.4 is 11.1 Å². The van der Waals surface area contributed by atoms with Crippen molar-refractivity contribution in [1.82, 2.24) is 0 Å². The van der Waals surface area contributed by atoms with Gasteiger partial charge in [-0.3, -0.25) is 4.99 Å². The number of nitrogen functional groups attached to an aromatic ring is 1. The van der Waals surface area contributed by atoms with Gasteiger partial charge in [-0.15, -0.1) is 0 Å². The normalized spacial score (nSPS) is 21.7. The van der Waals surface area contributed by atoms with E-state index >= 15 is 0 Å². The summed E-state index contributed by atoms with van der Waals surface area (Å²) in [5.74, 6) is 1.09. The Hall–Kier alpha value is -2.29. The van der Waals surface area contributed by atoms with Crippen LogP contribution in [0.25, 0.3) is 0 Å². The van der Waals surface area contributed by atoms with Crippen molar-refractivity contribution < 1.29 is 0 Å². The minimum atomic E-state index is 0.311. The number of hydrogen-bond acceptors (Lipinski definition) is 2. The van der Waals surface area contributed by atoms with Crippen molar-refractivity contribution in [3.05, 3.63) is 59.2 Å². The van der Waals surface area contributed by atoms with Gasteiger partial charge < -0.3 is 11.1 Å². The molecule has 0 radical (unpaired) electrons. The van der Waals surface area contributed by atoms with Crippen LogP contribution in [0.4, 0.5) is 11.4 Å². The van der Waals surface area contributed by atoms with E-state index < -0.39 is 0 Å². The van der Waals surface area contributed by atoms with Crippen LogP contribution in [-0.4, -0.2) is 5.84 Å². The second-order valence-corrected chi connectivity index (χ2v) is 5.83. The van der Waals surface area contributed by atoms with Gasteiger partial charge in [0.2, 0.25) is 0 Å².